The number of para-hydroxylation sites is 1. The Morgan fingerprint density at radius 3 is 2.51 bits per heavy atom. The zero-order valence-corrected chi connectivity index (χ0v) is 19.9. The average Bonchev–Trinajstić information content (AvgIpc) is 3.45. The molecule has 5 rings (SSSR count). The number of carbonyl (C=O) groups is 1. The van der Waals surface area contributed by atoms with Crippen LogP contribution in [0.4, 0.5) is 11.5 Å². The molecule has 1 saturated heterocycles. The summed E-state index contributed by atoms with van der Waals surface area (Å²) in [6.45, 7) is -0.368. The van der Waals surface area contributed by atoms with E-state index < -0.39 is 40.5 Å². The third kappa shape index (κ3) is 4.82. The second-order valence-corrected chi connectivity index (χ2v) is 9.91. The summed E-state index contributed by atoms with van der Waals surface area (Å²) < 4.78 is 40.0. The molecule has 0 aliphatic carbocycles. The van der Waals surface area contributed by atoms with E-state index in [1.54, 1.807) is 30.3 Å². The van der Waals surface area contributed by atoms with Gasteiger partial charge in [0.25, 0.3) is 10.0 Å². The Balaban J connectivity index is 1.23. The van der Waals surface area contributed by atoms with E-state index in [9.17, 15) is 23.4 Å². The molecule has 0 spiro atoms. The van der Waals surface area contributed by atoms with Crippen molar-refractivity contribution in [3.05, 3.63) is 72.8 Å². The van der Waals surface area contributed by atoms with Gasteiger partial charge in [-0.2, -0.15) is 0 Å². The molecule has 1 unspecified atom stereocenters. The summed E-state index contributed by atoms with van der Waals surface area (Å²) in [4.78, 5) is 24.6. The van der Waals surface area contributed by atoms with Gasteiger partial charge >= 0.3 is 5.97 Å². The van der Waals surface area contributed by atoms with Crippen LogP contribution in [0.1, 0.15) is 16.6 Å². The SMILES string of the molecule is Nc1ncnc2c1ncn2C1O[C@H](COC(=O)c2ccc(S(=O)(=O)Nc3ccccc3)cc2)[C@@H](O)[C@H]1O. The summed E-state index contributed by atoms with van der Waals surface area (Å²) in [5.74, 6) is -0.612. The smallest absolute Gasteiger partial charge is 0.338 e. The average molecular weight is 527 g/mol. The number of benzene rings is 2. The second-order valence-electron chi connectivity index (χ2n) is 8.22. The van der Waals surface area contributed by atoms with Gasteiger partial charge in [-0.1, -0.05) is 18.2 Å². The Labute approximate surface area is 210 Å². The molecular weight excluding hydrogens is 504 g/mol. The zero-order valence-electron chi connectivity index (χ0n) is 19.1. The topological polar surface area (TPSA) is 192 Å². The monoisotopic (exact) mass is 526 g/mol. The van der Waals surface area contributed by atoms with Crippen molar-refractivity contribution in [2.24, 2.45) is 0 Å². The molecule has 0 amide bonds. The van der Waals surface area contributed by atoms with E-state index >= 15 is 0 Å². The Morgan fingerprint density at radius 1 is 1.05 bits per heavy atom. The normalized spacial score (nSPS) is 21.7. The maximum Gasteiger partial charge on any atom is 0.338 e. The Kier molecular flexibility index (Phi) is 6.47. The third-order valence-electron chi connectivity index (χ3n) is 5.80. The lowest BCUT2D eigenvalue weighted by atomic mass is 10.1. The molecule has 1 aliphatic rings. The van der Waals surface area contributed by atoms with E-state index in [1.165, 1.54) is 41.5 Å². The van der Waals surface area contributed by atoms with Crippen LogP contribution in [0.25, 0.3) is 11.2 Å². The van der Waals surface area contributed by atoms with Crippen LogP contribution in [0.5, 0.6) is 0 Å². The fourth-order valence-corrected chi connectivity index (χ4v) is 4.94. The standard InChI is InChI=1S/C23H22N6O7S/c24-20-17-21(26-11-25-20)29(12-27-17)22-19(31)18(30)16(36-22)10-35-23(32)13-6-8-15(9-7-13)37(33,34)28-14-4-2-1-3-5-14/h1-9,11-12,16,18-19,22,28,30-31H,10H2,(H2,24,25,26)/t16-,18-,19-,22?/m1/s1. The highest BCUT2D eigenvalue weighted by molar-refractivity contribution is 7.92. The molecule has 0 bridgehead atoms. The van der Waals surface area contributed by atoms with Gasteiger partial charge in [-0.25, -0.2) is 28.2 Å². The molecule has 192 valence electrons. The fraction of sp³-hybridized carbons (Fsp3) is 0.217. The van der Waals surface area contributed by atoms with Crippen LogP contribution >= 0.6 is 0 Å². The second kappa shape index (κ2) is 9.74. The largest absolute Gasteiger partial charge is 0.459 e. The molecule has 3 heterocycles. The van der Waals surface area contributed by atoms with Crippen molar-refractivity contribution in [3.8, 4) is 0 Å². The lowest BCUT2D eigenvalue weighted by molar-refractivity contribution is -0.0565. The number of nitrogens with zero attached hydrogens (tertiary/aromatic N) is 4. The number of ether oxygens (including phenoxy) is 2. The minimum absolute atomic E-state index is 0.0366. The predicted octanol–water partition coefficient (Wildman–Crippen LogP) is 0.685. The number of hydrogen-bond acceptors (Lipinski definition) is 11. The number of fused-ring (bicyclic) bond motifs is 1. The minimum atomic E-state index is -3.85. The van der Waals surface area contributed by atoms with Gasteiger partial charge in [0.05, 0.1) is 16.8 Å². The fourth-order valence-electron chi connectivity index (χ4n) is 3.88. The molecule has 37 heavy (non-hydrogen) atoms. The molecule has 4 aromatic rings. The van der Waals surface area contributed by atoms with E-state index in [2.05, 4.69) is 19.7 Å². The summed E-state index contributed by atoms with van der Waals surface area (Å²) in [5.41, 5.74) is 6.90. The summed E-state index contributed by atoms with van der Waals surface area (Å²) in [6, 6.07) is 13.6. The van der Waals surface area contributed by atoms with E-state index in [1.807, 2.05) is 0 Å². The van der Waals surface area contributed by atoms with Crippen LogP contribution < -0.4 is 10.5 Å². The molecule has 0 radical (unpaired) electrons. The number of nitrogens with one attached hydrogen (secondary N) is 1. The van der Waals surface area contributed by atoms with Gasteiger partial charge in [0.15, 0.2) is 17.7 Å². The number of carbonyl (C=O) groups excluding carboxylic acids is 1. The van der Waals surface area contributed by atoms with E-state index in [0.29, 0.717) is 16.9 Å². The van der Waals surface area contributed by atoms with Gasteiger partial charge in [0, 0.05) is 5.69 Å². The molecular formula is C23H22N6O7S. The molecule has 0 saturated carbocycles. The molecule has 2 aromatic carbocycles. The van der Waals surface area contributed by atoms with Crippen LogP contribution in [0.15, 0.2) is 72.1 Å². The first-order valence-electron chi connectivity index (χ1n) is 11.0. The van der Waals surface area contributed by atoms with Gasteiger partial charge in [0.2, 0.25) is 0 Å². The zero-order chi connectivity index (χ0) is 26.2. The Hall–Kier alpha value is -4.11. The highest BCUT2D eigenvalue weighted by Crippen LogP contribution is 2.32. The number of aromatic nitrogens is 4. The number of sulfonamides is 1. The summed E-state index contributed by atoms with van der Waals surface area (Å²) in [5, 5.41) is 21.0. The van der Waals surface area contributed by atoms with Gasteiger partial charge < -0.3 is 25.4 Å². The number of aliphatic hydroxyl groups is 2. The van der Waals surface area contributed by atoms with Gasteiger partial charge in [-0.15, -0.1) is 0 Å². The van der Waals surface area contributed by atoms with Crippen molar-refractivity contribution < 1.29 is 32.9 Å². The van der Waals surface area contributed by atoms with Gasteiger partial charge in [-0.3, -0.25) is 9.29 Å². The number of hydrogen-bond donors (Lipinski definition) is 4. The number of esters is 1. The number of nitrogens with two attached hydrogens (primary N) is 1. The van der Waals surface area contributed by atoms with E-state index in [0.717, 1.165) is 0 Å². The first-order valence-corrected chi connectivity index (χ1v) is 12.5. The number of rotatable bonds is 7. The Morgan fingerprint density at radius 2 is 1.78 bits per heavy atom. The highest BCUT2D eigenvalue weighted by Gasteiger charge is 2.45. The molecule has 1 aliphatic heterocycles. The van der Waals surface area contributed by atoms with Crippen LogP contribution in [-0.2, 0) is 19.5 Å². The molecule has 14 heteroatoms. The van der Waals surface area contributed by atoms with Crippen molar-refractivity contribution in [2.75, 3.05) is 17.1 Å². The maximum atomic E-state index is 12.6. The lowest BCUT2D eigenvalue weighted by Gasteiger charge is -2.16. The van der Waals surface area contributed by atoms with Crippen molar-refractivity contribution in [3.63, 3.8) is 0 Å². The number of aliphatic hydroxyl groups excluding tert-OH is 2. The Bertz CT molecular complexity index is 1530. The van der Waals surface area contributed by atoms with Gasteiger partial charge in [0.1, 0.15) is 36.8 Å². The van der Waals surface area contributed by atoms with Crippen LogP contribution in [0, 0.1) is 0 Å². The first-order chi connectivity index (χ1) is 17.7. The van der Waals surface area contributed by atoms with Crippen molar-refractivity contribution in [1.82, 2.24) is 19.5 Å². The summed E-state index contributed by atoms with van der Waals surface area (Å²) in [6.07, 6.45) is -2.24. The lowest BCUT2D eigenvalue weighted by Crippen LogP contribution is -2.34. The van der Waals surface area contributed by atoms with E-state index in [4.69, 9.17) is 15.2 Å². The molecule has 5 N–H and O–H groups in total. The van der Waals surface area contributed by atoms with Crippen molar-refractivity contribution >= 4 is 38.7 Å². The summed E-state index contributed by atoms with van der Waals surface area (Å²) >= 11 is 0. The van der Waals surface area contributed by atoms with Crippen LogP contribution in [0.3, 0.4) is 0 Å². The van der Waals surface area contributed by atoms with Crippen molar-refractivity contribution in [2.45, 2.75) is 29.4 Å². The van der Waals surface area contributed by atoms with Crippen LogP contribution in [0.2, 0.25) is 0 Å². The molecule has 2 aromatic heterocycles. The first kappa shape index (κ1) is 24.6. The van der Waals surface area contributed by atoms with Crippen molar-refractivity contribution in [1.29, 1.82) is 0 Å². The highest BCUT2D eigenvalue weighted by atomic mass is 32.2. The quantitative estimate of drug-likeness (QED) is 0.248. The number of nitrogen functional groups attached to an aromatic ring is 1. The number of imidazole rings is 1. The van der Waals surface area contributed by atoms with E-state index in [-0.39, 0.29) is 22.9 Å². The molecule has 4 atom stereocenters. The number of anilines is 2. The third-order valence-corrected chi connectivity index (χ3v) is 7.20. The van der Waals surface area contributed by atoms with Crippen LogP contribution in [-0.4, -0.2) is 69.0 Å². The summed E-state index contributed by atoms with van der Waals surface area (Å²) in [7, 11) is -3.85. The van der Waals surface area contributed by atoms with Gasteiger partial charge in [-0.05, 0) is 36.4 Å². The molecule has 13 nitrogen and oxygen atoms in total. The molecule has 1 fully saturated rings. The minimum Gasteiger partial charge on any atom is -0.459 e. The maximum absolute atomic E-state index is 12.6. The predicted molar refractivity (Wildman–Crippen MR) is 130 cm³/mol.